The molecule has 3 N–H and O–H groups in total. The zero-order valence-corrected chi connectivity index (χ0v) is 23.2. The summed E-state index contributed by atoms with van der Waals surface area (Å²) in [5, 5.41) is 15.3. The Morgan fingerprint density at radius 3 is 2.07 bits per heavy atom. The minimum Gasteiger partial charge on any atom is -0.480 e. The summed E-state index contributed by atoms with van der Waals surface area (Å²) in [4.78, 5) is 38.3. The average molecular weight is 589 g/mol. The average Bonchev–Trinajstić information content (AvgIpc) is 2.99. The van der Waals surface area contributed by atoms with Gasteiger partial charge in [0.2, 0.25) is 0 Å². The molecule has 0 bridgehead atoms. The molecule has 0 spiro atoms. The molecule has 41 heavy (non-hydrogen) atoms. The van der Waals surface area contributed by atoms with Gasteiger partial charge in [-0.1, -0.05) is 102 Å². The molecule has 9 heteroatoms. The van der Waals surface area contributed by atoms with E-state index in [-0.39, 0.29) is 23.9 Å². The number of hydrogen-bond donors (Lipinski definition) is 3. The minimum atomic E-state index is -1.37. The molecule has 1 atom stereocenters. The molecule has 4 rings (SSSR count). The number of benzene rings is 4. The van der Waals surface area contributed by atoms with Gasteiger partial charge in [-0.2, -0.15) is 0 Å². The summed E-state index contributed by atoms with van der Waals surface area (Å²) in [6, 6.07) is 29.1. The first kappa shape index (κ1) is 29.6. The van der Waals surface area contributed by atoms with Crippen LogP contribution in [-0.2, 0) is 20.9 Å². The van der Waals surface area contributed by atoms with Crippen LogP contribution in [0.5, 0.6) is 0 Å². The fourth-order valence-corrected chi connectivity index (χ4v) is 4.15. The number of aliphatic carboxylic acids is 1. The summed E-state index contributed by atoms with van der Waals surface area (Å²) >= 11 is 12.2. The van der Waals surface area contributed by atoms with Crippen molar-refractivity contribution in [3.63, 3.8) is 0 Å². The molecule has 0 unspecified atom stereocenters. The van der Waals surface area contributed by atoms with Gasteiger partial charge in [-0.15, -0.1) is 0 Å². The second kappa shape index (κ2) is 14.3. The Kier molecular flexibility index (Phi) is 10.3. The number of rotatable bonds is 11. The molecule has 0 radical (unpaired) electrons. The van der Waals surface area contributed by atoms with E-state index in [0.717, 1.165) is 16.7 Å². The van der Waals surface area contributed by atoms with Gasteiger partial charge in [0.05, 0.1) is 23.3 Å². The van der Waals surface area contributed by atoms with Gasteiger partial charge < -0.3 is 20.5 Å². The van der Waals surface area contributed by atoms with Gasteiger partial charge in [-0.3, -0.25) is 9.59 Å². The second-order valence-electron chi connectivity index (χ2n) is 8.99. The molecule has 0 aromatic heterocycles. The lowest BCUT2D eigenvalue weighted by molar-refractivity contribution is -0.143. The first-order valence-corrected chi connectivity index (χ1v) is 13.3. The maximum Gasteiger partial charge on any atom is 0.328 e. The van der Waals surface area contributed by atoms with E-state index in [4.69, 9.17) is 27.9 Å². The van der Waals surface area contributed by atoms with Crippen molar-refractivity contribution in [2.75, 3.05) is 6.61 Å². The number of carboxylic acids is 1. The number of halogens is 2. The molecule has 4 aromatic carbocycles. The smallest absolute Gasteiger partial charge is 0.328 e. The van der Waals surface area contributed by atoms with Crippen LogP contribution in [0.15, 0.2) is 109 Å². The zero-order valence-electron chi connectivity index (χ0n) is 21.7. The molecule has 0 saturated carbocycles. The Morgan fingerprint density at radius 2 is 1.44 bits per heavy atom. The van der Waals surface area contributed by atoms with Crippen LogP contribution in [0.3, 0.4) is 0 Å². The molecule has 208 valence electrons. The van der Waals surface area contributed by atoms with Crippen molar-refractivity contribution in [1.29, 1.82) is 0 Å². The highest BCUT2D eigenvalue weighted by Gasteiger charge is 2.24. The first-order chi connectivity index (χ1) is 19.8. The van der Waals surface area contributed by atoms with Crippen molar-refractivity contribution in [3.05, 3.63) is 136 Å². The maximum atomic E-state index is 13.3. The minimum absolute atomic E-state index is 0.169. The van der Waals surface area contributed by atoms with E-state index < -0.39 is 23.8 Å². The fraction of sp³-hybridized carbons (Fsp3) is 0.0938. The Morgan fingerprint density at radius 1 is 0.805 bits per heavy atom. The van der Waals surface area contributed by atoms with E-state index in [2.05, 4.69) is 10.6 Å². The lowest BCUT2D eigenvalue weighted by Gasteiger charge is -2.17. The first-order valence-electron chi connectivity index (χ1n) is 12.6. The van der Waals surface area contributed by atoms with Crippen LogP contribution in [0.4, 0.5) is 0 Å². The summed E-state index contributed by atoms with van der Waals surface area (Å²) in [6.07, 6.45) is 1.39. The molecule has 0 saturated heterocycles. The Labute approximate surface area is 247 Å². The third-order valence-electron chi connectivity index (χ3n) is 6.00. The van der Waals surface area contributed by atoms with E-state index in [1.54, 1.807) is 36.4 Å². The molecule has 0 fully saturated rings. The molecule has 2 amide bonds. The lowest BCUT2D eigenvalue weighted by atomic mass is 10.0. The third-order valence-corrected chi connectivity index (χ3v) is 6.74. The maximum absolute atomic E-state index is 13.3. The van der Waals surface area contributed by atoms with Gasteiger partial charge in [-0.05, 0) is 52.6 Å². The van der Waals surface area contributed by atoms with Crippen molar-refractivity contribution >= 4 is 47.1 Å². The molecular formula is C32H26Cl2N2O5. The molecule has 4 aromatic rings. The molecule has 0 aliphatic carbocycles. The Hall–Kier alpha value is -4.43. The van der Waals surface area contributed by atoms with E-state index in [0.29, 0.717) is 16.1 Å². The topological polar surface area (TPSA) is 105 Å². The Balaban J connectivity index is 1.52. The number of ether oxygens (including phenoxy) is 1. The Bertz CT molecular complexity index is 1540. The van der Waals surface area contributed by atoms with Crippen LogP contribution in [0.25, 0.3) is 17.2 Å². The van der Waals surface area contributed by atoms with Gasteiger partial charge in [0.1, 0.15) is 5.70 Å². The van der Waals surface area contributed by atoms with Gasteiger partial charge >= 0.3 is 5.97 Å². The predicted octanol–water partition coefficient (Wildman–Crippen LogP) is 6.22. The quantitative estimate of drug-likeness (QED) is 0.180. The van der Waals surface area contributed by atoms with Crippen molar-refractivity contribution in [3.8, 4) is 11.1 Å². The number of carboxylic acid groups (broad SMARTS) is 1. The molecular weight excluding hydrogens is 563 g/mol. The van der Waals surface area contributed by atoms with E-state index in [1.165, 1.54) is 12.1 Å². The summed E-state index contributed by atoms with van der Waals surface area (Å²) < 4.78 is 5.53. The van der Waals surface area contributed by atoms with Gasteiger partial charge in [0.15, 0.2) is 6.04 Å². The number of carbonyl (C=O) groups excluding carboxylic acids is 2. The van der Waals surface area contributed by atoms with Crippen molar-refractivity contribution < 1.29 is 24.2 Å². The van der Waals surface area contributed by atoms with Crippen molar-refractivity contribution in [2.45, 2.75) is 12.6 Å². The number of amides is 2. The molecule has 7 nitrogen and oxygen atoms in total. The van der Waals surface area contributed by atoms with Crippen LogP contribution < -0.4 is 10.6 Å². The number of hydrogen-bond acceptors (Lipinski definition) is 4. The summed E-state index contributed by atoms with van der Waals surface area (Å²) in [6.45, 7) is -0.118. The van der Waals surface area contributed by atoms with Crippen LogP contribution in [0, 0.1) is 0 Å². The predicted molar refractivity (Wildman–Crippen MR) is 159 cm³/mol. The van der Waals surface area contributed by atoms with Crippen LogP contribution >= 0.6 is 23.2 Å². The van der Waals surface area contributed by atoms with E-state index in [9.17, 15) is 19.5 Å². The largest absolute Gasteiger partial charge is 0.480 e. The fourth-order valence-electron chi connectivity index (χ4n) is 3.85. The van der Waals surface area contributed by atoms with Crippen LogP contribution in [-0.4, -0.2) is 35.5 Å². The molecule has 0 aliphatic heterocycles. The van der Waals surface area contributed by atoms with Crippen molar-refractivity contribution in [2.24, 2.45) is 0 Å². The summed E-state index contributed by atoms with van der Waals surface area (Å²) in [5.74, 6) is -2.66. The SMILES string of the molecule is O=C(N[C@H](COCc1ccccc1)C(=O)O)/C(=C\c1ccc(Cl)c(Cl)c1)NC(=O)c1ccc(-c2ccccc2)cc1. The monoisotopic (exact) mass is 588 g/mol. The summed E-state index contributed by atoms with van der Waals surface area (Å²) in [7, 11) is 0. The third kappa shape index (κ3) is 8.53. The lowest BCUT2D eigenvalue weighted by Crippen LogP contribution is -2.46. The highest BCUT2D eigenvalue weighted by atomic mass is 35.5. The van der Waals surface area contributed by atoms with Crippen LogP contribution in [0.1, 0.15) is 21.5 Å². The van der Waals surface area contributed by atoms with Crippen LogP contribution in [0.2, 0.25) is 10.0 Å². The standard InChI is InChI=1S/C32H26Cl2N2O5/c33-26-16-11-22(17-27(26)34)18-28(31(38)36-29(32(39)40)20-41-19-21-7-3-1-4-8-21)35-30(37)25-14-12-24(13-15-25)23-9-5-2-6-10-23/h1-18,29H,19-20H2,(H,35,37)(H,36,38)(H,39,40)/b28-18+/t29-/m1/s1. The van der Waals surface area contributed by atoms with Gasteiger partial charge in [-0.25, -0.2) is 4.79 Å². The van der Waals surface area contributed by atoms with Gasteiger partial charge in [0.25, 0.3) is 11.8 Å². The highest BCUT2D eigenvalue weighted by Crippen LogP contribution is 2.24. The summed E-state index contributed by atoms with van der Waals surface area (Å²) in [5.41, 5.74) is 3.36. The normalized spacial score (nSPS) is 11.9. The second-order valence-corrected chi connectivity index (χ2v) is 9.81. The zero-order chi connectivity index (χ0) is 29.2. The van der Waals surface area contributed by atoms with E-state index >= 15 is 0 Å². The molecule has 0 heterocycles. The molecule has 0 aliphatic rings. The number of nitrogens with one attached hydrogen (secondary N) is 2. The van der Waals surface area contributed by atoms with E-state index in [1.807, 2.05) is 60.7 Å². The van der Waals surface area contributed by atoms with Crippen molar-refractivity contribution in [1.82, 2.24) is 10.6 Å². The van der Waals surface area contributed by atoms with Gasteiger partial charge in [0, 0.05) is 5.56 Å². The number of carbonyl (C=O) groups is 3. The highest BCUT2D eigenvalue weighted by molar-refractivity contribution is 6.42.